The van der Waals surface area contributed by atoms with Crippen molar-refractivity contribution in [3.8, 4) is 0 Å². The van der Waals surface area contributed by atoms with Crippen LogP contribution in [0.2, 0.25) is 10.0 Å². The molecule has 2 rings (SSSR count). The Morgan fingerprint density at radius 1 is 1.28 bits per heavy atom. The molecule has 2 aromatic rings. The second-order valence-corrected chi connectivity index (χ2v) is 4.34. The number of hydrogen-bond acceptors (Lipinski definition) is 4. The van der Waals surface area contributed by atoms with E-state index in [-0.39, 0.29) is 17.4 Å². The van der Waals surface area contributed by atoms with Gasteiger partial charge < -0.3 is 5.73 Å². The number of nitrogens with two attached hydrogens (primary N) is 1. The zero-order chi connectivity index (χ0) is 13.3. The van der Waals surface area contributed by atoms with Gasteiger partial charge in [0.25, 0.3) is 5.56 Å². The second kappa shape index (κ2) is 4.83. The third kappa shape index (κ3) is 2.55. The fourth-order valence-corrected chi connectivity index (χ4v) is 1.70. The first-order chi connectivity index (χ1) is 8.47. The molecule has 2 heterocycles. The lowest BCUT2D eigenvalue weighted by Crippen LogP contribution is -2.30. The summed E-state index contributed by atoms with van der Waals surface area (Å²) in [6.07, 6.45) is 1.23. The van der Waals surface area contributed by atoms with Gasteiger partial charge in [0.05, 0.1) is 17.3 Å². The molecule has 0 radical (unpaired) electrons. The highest BCUT2D eigenvalue weighted by Gasteiger charge is 2.07. The summed E-state index contributed by atoms with van der Waals surface area (Å²) in [5, 5.41) is 0.285. The Morgan fingerprint density at radius 2 is 2.00 bits per heavy atom. The van der Waals surface area contributed by atoms with E-state index in [4.69, 9.17) is 28.9 Å². The van der Waals surface area contributed by atoms with Crippen molar-refractivity contribution in [2.45, 2.75) is 6.54 Å². The zero-order valence-electron chi connectivity index (χ0n) is 8.98. The predicted molar refractivity (Wildman–Crippen MR) is 69.1 cm³/mol. The average Bonchev–Trinajstić information content (AvgIpc) is 2.30. The van der Waals surface area contributed by atoms with E-state index in [0.29, 0.717) is 10.7 Å². The van der Waals surface area contributed by atoms with E-state index in [1.807, 2.05) is 0 Å². The topological polar surface area (TPSA) is 93.8 Å². The fraction of sp³-hybridized carbons (Fsp3) is 0.100. The molecule has 0 unspecified atom stereocenters. The number of nitrogens with one attached hydrogen (secondary N) is 1. The van der Waals surface area contributed by atoms with Crippen molar-refractivity contribution in [3.05, 3.63) is 54.9 Å². The van der Waals surface area contributed by atoms with Gasteiger partial charge in [-0.05, 0) is 12.1 Å². The largest absolute Gasteiger partial charge is 0.384 e. The van der Waals surface area contributed by atoms with Gasteiger partial charge in [0.2, 0.25) is 0 Å². The molecule has 18 heavy (non-hydrogen) atoms. The SMILES string of the molecule is Nc1ccc(Cl)c(Cn2cc(Cl)c(=O)[nH]c2=O)n1. The quantitative estimate of drug-likeness (QED) is 0.857. The van der Waals surface area contributed by atoms with Crippen LogP contribution in [0.4, 0.5) is 5.82 Å². The van der Waals surface area contributed by atoms with Crippen LogP contribution in [-0.2, 0) is 6.54 Å². The van der Waals surface area contributed by atoms with Crippen LogP contribution in [0.25, 0.3) is 0 Å². The highest BCUT2D eigenvalue weighted by Crippen LogP contribution is 2.15. The van der Waals surface area contributed by atoms with Crippen LogP contribution in [-0.4, -0.2) is 14.5 Å². The lowest BCUT2D eigenvalue weighted by Gasteiger charge is -2.07. The molecule has 3 N–H and O–H groups in total. The van der Waals surface area contributed by atoms with E-state index in [0.717, 1.165) is 0 Å². The van der Waals surface area contributed by atoms with Crippen molar-refractivity contribution in [3.63, 3.8) is 0 Å². The van der Waals surface area contributed by atoms with Gasteiger partial charge in [-0.15, -0.1) is 0 Å². The number of H-pyrrole nitrogens is 1. The summed E-state index contributed by atoms with van der Waals surface area (Å²) < 4.78 is 1.19. The van der Waals surface area contributed by atoms with E-state index < -0.39 is 11.2 Å². The summed E-state index contributed by atoms with van der Waals surface area (Å²) in [5.74, 6) is 0.290. The maximum atomic E-state index is 11.5. The Kier molecular flexibility index (Phi) is 3.40. The first-order valence-corrected chi connectivity index (χ1v) is 5.63. The number of hydrogen-bond donors (Lipinski definition) is 2. The van der Waals surface area contributed by atoms with E-state index in [2.05, 4.69) is 9.97 Å². The van der Waals surface area contributed by atoms with Crippen LogP contribution in [0.15, 0.2) is 27.9 Å². The number of halogens is 2. The van der Waals surface area contributed by atoms with Crippen LogP contribution >= 0.6 is 23.2 Å². The molecule has 0 bridgehead atoms. The van der Waals surface area contributed by atoms with Gasteiger partial charge in [-0.25, -0.2) is 9.78 Å². The highest BCUT2D eigenvalue weighted by molar-refractivity contribution is 6.31. The van der Waals surface area contributed by atoms with Crippen LogP contribution < -0.4 is 17.0 Å². The van der Waals surface area contributed by atoms with Gasteiger partial charge >= 0.3 is 5.69 Å². The number of aromatic nitrogens is 3. The normalized spacial score (nSPS) is 10.6. The average molecular weight is 287 g/mol. The smallest absolute Gasteiger partial charge is 0.328 e. The Labute approximate surface area is 111 Å². The van der Waals surface area contributed by atoms with Crippen molar-refractivity contribution < 1.29 is 0 Å². The Bertz CT molecular complexity index is 708. The Balaban J connectivity index is 2.46. The molecule has 8 heteroatoms. The zero-order valence-corrected chi connectivity index (χ0v) is 10.5. The van der Waals surface area contributed by atoms with E-state index in [9.17, 15) is 9.59 Å². The highest BCUT2D eigenvalue weighted by atomic mass is 35.5. The molecule has 0 saturated heterocycles. The summed E-state index contributed by atoms with van der Waals surface area (Å²) in [5.41, 5.74) is 4.72. The molecule has 0 saturated carbocycles. The number of aromatic amines is 1. The number of anilines is 1. The maximum Gasteiger partial charge on any atom is 0.328 e. The molecule has 0 atom stereocenters. The molecule has 0 fully saturated rings. The van der Waals surface area contributed by atoms with Gasteiger partial charge in [0, 0.05) is 6.20 Å². The van der Waals surface area contributed by atoms with E-state index in [1.165, 1.54) is 10.8 Å². The predicted octanol–water partition coefficient (Wildman–Crippen LogP) is 0.869. The van der Waals surface area contributed by atoms with Crippen LogP contribution in [0.5, 0.6) is 0 Å². The minimum atomic E-state index is -0.635. The Hall–Kier alpha value is -1.79. The molecular formula is C10H8Cl2N4O2. The van der Waals surface area contributed by atoms with Gasteiger partial charge in [0.1, 0.15) is 10.8 Å². The molecule has 0 aliphatic rings. The summed E-state index contributed by atoms with van der Waals surface area (Å²) in [6.45, 7) is 0.0687. The molecule has 0 aromatic carbocycles. The van der Waals surface area contributed by atoms with Crippen molar-refractivity contribution in [2.24, 2.45) is 0 Å². The van der Waals surface area contributed by atoms with Gasteiger partial charge in [-0.3, -0.25) is 14.3 Å². The monoisotopic (exact) mass is 286 g/mol. The van der Waals surface area contributed by atoms with Crippen molar-refractivity contribution in [1.82, 2.24) is 14.5 Å². The Morgan fingerprint density at radius 3 is 2.72 bits per heavy atom. The molecule has 0 aliphatic carbocycles. The summed E-state index contributed by atoms with van der Waals surface area (Å²) >= 11 is 11.6. The third-order valence-corrected chi connectivity index (χ3v) is 2.84. The fourth-order valence-electron chi connectivity index (χ4n) is 1.37. The third-order valence-electron chi connectivity index (χ3n) is 2.23. The van der Waals surface area contributed by atoms with Crippen LogP contribution in [0.1, 0.15) is 5.69 Å². The number of pyridine rings is 1. The molecule has 94 valence electrons. The molecule has 0 aliphatic heterocycles. The summed E-state index contributed by atoms with van der Waals surface area (Å²) in [4.78, 5) is 28.7. The summed E-state index contributed by atoms with van der Waals surface area (Å²) in [7, 11) is 0. The first-order valence-electron chi connectivity index (χ1n) is 4.87. The summed E-state index contributed by atoms with van der Waals surface area (Å²) in [6, 6.07) is 3.13. The van der Waals surface area contributed by atoms with Crippen molar-refractivity contribution in [1.29, 1.82) is 0 Å². The minimum Gasteiger partial charge on any atom is -0.384 e. The standard InChI is InChI=1S/C10H8Cl2N4O2/c11-5-1-2-8(13)14-7(5)4-16-3-6(12)9(17)15-10(16)18/h1-3H,4H2,(H2,13,14)(H,15,17,18). The first kappa shape index (κ1) is 12.7. The lowest BCUT2D eigenvalue weighted by molar-refractivity contribution is 0.706. The molecule has 0 spiro atoms. The van der Waals surface area contributed by atoms with Crippen molar-refractivity contribution >= 4 is 29.0 Å². The van der Waals surface area contributed by atoms with Crippen molar-refractivity contribution in [2.75, 3.05) is 5.73 Å². The molecule has 0 amide bonds. The second-order valence-electron chi connectivity index (χ2n) is 3.53. The number of nitrogen functional groups attached to an aromatic ring is 1. The molecule has 6 nitrogen and oxygen atoms in total. The van der Waals surface area contributed by atoms with Crippen LogP contribution in [0, 0.1) is 0 Å². The number of nitrogens with zero attached hydrogens (tertiary/aromatic N) is 2. The van der Waals surface area contributed by atoms with Gasteiger partial charge in [0.15, 0.2) is 0 Å². The molecule has 2 aromatic heterocycles. The van der Waals surface area contributed by atoms with E-state index in [1.54, 1.807) is 12.1 Å². The number of rotatable bonds is 2. The van der Waals surface area contributed by atoms with Crippen LogP contribution in [0.3, 0.4) is 0 Å². The molecular weight excluding hydrogens is 279 g/mol. The van der Waals surface area contributed by atoms with E-state index >= 15 is 0 Å². The maximum absolute atomic E-state index is 11.5. The lowest BCUT2D eigenvalue weighted by atomic mass is 10.3. The van der Waals surface area contributed by atoms with Gasteiger partial charge in [-0.2, -0.15) is 0 Å². The van der Waals surface area contributed by atoms with Gasteiger partial charge in [-0.1, -0.05) is 23.2 Å². The minimum absolute atomic E-state index is 0.0687.